The predicted molar refractivity (Wildman–Crippen MR) is 108 cm³/mol. The summed E-state index contributed by atoms with van der Waals surface area (Å²) in [4.78, 5) is 12.7. The zero-order valence-electron chi connectivity index (χ0n) is 15.8. The number of piperidine rings is 1. The highest BCUT2D eigenvalue weighted by atomic mass is 32.2. The maximum Gasteiger partial charge on any atom is 0.243 e. The fourth-order valence-electron chi connectivity index (χ4n) is 3.41. The average molecular weight is 424 g/mol. The van der Waals surface area contributed by atoms with E-state index >= 15 is 0 Å². The number of amides is 1. The van der Waals surface area contributed by atoms with Gasteiger partial charge in [0.05, 0.1) is 4.90 Å². The van der Waals surface area contributed by atoms with Crippen molar-refractivity contribution in [1.82, 2.24) is 24.4 Å². The molecule has 28 heavy (non-hydrogen) atoms. The maximum atomic E-state index is 12.7. The van der Waals surface area contributed by atoms with Gasteiger partial charge in [-0.05, 0) is 44.1 Å². The van der Waals surface area contributed by atoms with Crippen molar-refractivity contribution in [2.24, 2.45) is 5.92 Å². The van der Waals surface area contributed by atoms with Crippen LogP contribution < -0.4 is 5.32 Å². The van der Waals surface area contributed by atoms with Gasteiger partial charge in [-0.25, -0.2) is 8.42 Å². The van der Waals surface area contributed by atoms with Crippen molar-refractivity contribution >= 4 is 28.1 Å². The quantitative estimate of drug-likeness (QED) is 0.661. The van der Waals surface area contributed by atoms with Crippen LogP contribution in [0.25, 0.3) is 0 Å². The fourth-order valence-corrected chi connectivity index (χ4v) is 5.18. The van der Waals surface area contributed by atoms with E-state index in [0.717, 1.165) is 12.4 Å². The summed E-state index contributed by atoms with van der Waals surface area (Å²) in [6.45, 7) is 3.90. The minimum atomic E-state index is -3.49. The molecule has 152 valence electrons. The summed E-state index contributed by atoms with van der Waals surface area (Å²) in [7, 11) is -3.49. The van der Waals surface area contributed by atoms with Crippen LogP contribution in [0.1, 0.15) is 25.6 Å². The molecule has 0 radical (unpaired) electrons. The Morgan fingerprint density at radius 3 is 2.61 bits per heavy atom. The van der Waals surface area contributed by atoms with E-state index in [9.17, 15) is 13.2 Å². The van der Waals surface area contributed by atoms with Gasteiger partial charge in [-0.3, -0.25) is 9.89 Å². The van der Waals surface area contributed by atoms with E-state index in [1.165, 1.54) is 4.31 Å². The molecule has 1 aromatic carbocycles. The largest absolute Gasteiger partial charge is 0.355 e. The zero-order chi connectivity index (χ0) is 20.1. The molecule has 0 aliphatic carbocycles. The molecule has 0 atom stereocenters. The monoisotopic (exact) mass is 423 g/mol. The molecule has 2 heterocycles. The molecule has 1 aromatic heterocycles. The molecule has 0 unspecified atom stereocenters. The Kier molecular flexibility index (Phi) is 6.63. The van der Waals surface area contributed by atoms with E-state index in [-0.39, 0.29) is 11.8 Å². The highest BCUT2D eigenvalue weighted by molar-refractivity contribution is 7.89. The van der Waals surface area contributed by atoms with Crippen molar-refractivity contribution in [1.29, 1.82) is 0 Å². The fraction of sp³-hybridized carbons (Fsp3) is 0.500. The van der Waals surface area contributed by atoms with Crippen molar-refractivity contribution in [3.8, 4) is 0 Å². The Labute approximate surface area is 170 Å². The second-order valence-electron chi connectivity index (χ2n) is 6.72. The third-order valence-electron chi connectivity index (χ3n) is 5.01. The lowest BCUT2D eigenvalue weighted by Crippen LogP contribution is -2.43. The second kappa shape index (κ2) is 8.97. The van der Waals surface area contributed by atoms with Gasteiger partial charge < -0.3 is 9.88 Å². The Morgan fingerprint density at radius 1 is 1.29 bits per heavy atom. The lowest BCUT2D eigenvalue weighted by Gasteiger charge is -2.30. The Hall–Kier alpha value is -2.04. The molecule has 1 amide bonds. The SMILES string of the molecule is CCn1c(CCNC(=O)C2CCN(S(=O)(=O)c3ccccc3)CC2)n[nH]c1=S. The smallest absolute Gasteiger partial charge is 0.243 e. The van der Waals surface area contributed by atoms with Crippen LogP contribution in [-0.2, 0) is 27.8 Å². The minimum Gasteiger partial charge on any atom is -0.355 e. The Balaban J connectivity index is 1.49. The molecule has 1 aliphatic heterocycles. The molecule has 0 saturated carbocycles. The van der Waals surface area contributed by atoms with Crippen LogP contribution in [0, 0.1) is 10.7 Å². The number of aromatic nitrogens is 3. The summed E-state index contributed by atoms with van der Waals surface area (Å²) < 4.78 is 29.3. The van der Waals surface area contributed by atoms with Crippen LogP contribution in [0.5, 0.6) is 0 Å². The standard InChI is InChI=1S/C18H25N5O3S2/c1-2-23-16(20-21-18(23)27)8-11-19-17(24)14-9-12-22(13-10-14)28(25,26)15-6-4-3-5-7-15/h3-7,14H,2,8-13H2,1H3,(H,19,24)(H,21,27). The number of nitrogens with one attached hydrogen (secondary N) is 2. The number of H-pyrrole nitrogens is 1. The summed E-state index contributed by atoms with van der Waals surface area (Å²) in [5.74, 6) is 0.611. The molecule has 1 fully saturated rings. The van der Waals surface area contributed by atoms with Crippen molar-refractivity contribution in [3.05, 3.63) is 40.9 Å². The number of sulfonamides is 1. The van der Waals surface area contributed by atoms with Crippen LogP contribution in [0.4, 0.5) is 0 Å². The number of rotatable bonds is 7. The highest BCUT2D eigenvalue weighted by Gasteiger charge is 2.31. The van der Waals surface area contributed by atoms with Gasteiger partial charge in [0.15, 0.2) is 4.77 Å². The number of carbonyl (C=O) groups excluding carboxylic acids is 1. The predicted octanol–water partition coefficient (Wildman–Crippen LogP) is 1.72. The third kappa shape index (κ3) is 4.50. The first-order valence-electron chi connectivity index (χ1n) is 9.40. The molecule has 1 aliphatic rings. The number of aromatic amines is 1. The van der Waals surface area contributed by atoms with Gasteiger partial charge in [-0.15, -0.1) is 0 Å². The van der Waals surface area contributed by atoms with Crippen LogP contribution in [0.3, 0.4) is 0 Å². The van der Waals surface area contributed by atoms with Gasteiger partial charge in [0.25, 0.3) is 0 Å². The van der Waals surface area contributed by atoms with Gasteiger partial charge in [-0.1, -0.05) is 18.2 Å². The summed E-state index contributed by atoms with van der Waals surface area (Å²) in [5.41, 5.74) is 0. The normalized spacial score (nSPS) is 16.2. The number of hydrogen-bond donors (Lipinski definition) is 2. The van der Waals surface area contributed by atoms with Crippen molar-refractivity contribution in [2.45, 2.75) is 37.6 Å². The number of hydrogen-bond acceptors (Lipinski definition) is 5. The molecular weight excluding hydrogens is 398 g/mol. The molecule has 2 N–H and O–H groups in total. The van der Waals surface area contributed by atoms with E-state index < -0.39 is 10.0 Å². The van der Waals surface area contributed by atoms with Gasteiger partial charge in [-0.2, -0.15) is 9.40 Å². The molecule has 8 nitrogen and oxygen atoms in total. The van der Waals surface area contributed by atoms with E-state index in [2.05, 4.69) is 15.5 Å². The second-order valence-corrected chi connectivity index (χ2v) is 9.05. The van der Waals surface area contributed by atoms with Crippen LogP contribution in [0.2, 0.25) is 0 Å². The number of carbonyl (C=O) groups is 1. The first-order chi connectivity index (χ1) is 13.4. The molecule has 10 heteroatoms. The van der Waals surface area contributed by atoms with E-state index in [0.29, 0.717) is 48.6 Å². The molecule has 2 aromatic rings. The van der Waals surface area contributed by atoms with E-state index in [1.807, 2.05) is 11.5 Å². The number of nitrogens with zero attached hydrogens (tertiary/aromatic N) is 3. The highest BCUT2D eigenvalue weighted by Crippen LogP contribution is 2.23. The third-order valence-corrected chi connectivity index (χ3v) is 7.23. The zero-order valence-corrected chi connectivity index (χ0v) is 17.4. The average Bonchev–Trinajstić information content (AvgIpc) is 3.08. The van der Waals surface area contributed by atoms with Gasteiger partial charge >= 0.3 is 0 Å². The molecule has 0 bridgehead atoms. The Bertz CT molecular complexity index is 961. The van der Waals surface area contributed by atoms with Crippen LogP contribution >= 0.6 is 12.2 Å². The van der Waals surface area contributed by atoms with Gasteiger partial charge in [0, 0.05) is 38.5 Å². The number of benzene rings is 1. The summed E-state index contributed by atoms with van der Waals surface area (Å²) in [6.07, 6.45) is 1.63. The topological polar surface area (TPSA) is 100 Å². The van der Waals surface area contributed by atoms with Crippen molar-refractivity contribution in [3.63, 3.8) is 0 Å². The van der Waals surface area contributed by atoms with Crippen molar-refractivity contribution in [2.75, 3.05) is 19.6 Å². The minimum absolute atomic E-state index is 0.0334. The molecular formula is C18H25N5O3S2. The lowest BCUT2D eigenvalue weighted by molar-refractivity contribution is -0.126. The van der Waals surface area contributed by atoms with Gasteiger partial charge in [0.2, 0.25) is 15.9 Å². The molecule has 1 saturated heterocycles. The lowest BCUT2D eigenvalue weighted by atomic mass is 9.97. The summed E-state index contributed by atoms with van der Waals surface area (Å²) in [6, 6.07) is 8.41. The Morgan fingerprint density at radius 2 is 1.96 bits per heavy atom. The first-order valence-corrected chi connectivity index (χ1v) is 11.2. The molecule has 3 rings (SSSR count). The summed E-state index contributed by atoms with van der Waals surface area (Å²) in [5, 5.41) is 9.88. The maximum absolute atomic E-state index is 12.7. The van der Waals surface area contributed by atoms with Crippen molar-refractivity contribution < 1.29 is 13.2 Å². The van der Waals surface area contributed by atoms with E-state index in [1.54, 1.807) is 30.3 Å². The van der Waals surface area contributed by atoms with Gasteiger partial charge in [0.1, 0.15) is 5.82 Å². The summed E-state index contributed by atoms with van der Waals surface area (Å²) >= 11 is 5.16. The van der Waals surface area contributed by atoms with E-state index in [4.69, 9.17) is 12.2 Å². The van der Waals surface area contributed by atoms with Crippen LogP contribution in [-0.4, -0.2) is 53.0 Å². The van der Waals surface area contributed by atoms with Crippen LogP contribution in [0.15, 0.2) is 35.2 Å². The first kappa shape index (κ1) is 20.7. The molecule has 0 spiro atoms.